The minimum absolute atomic E-state index is 0.138. The number of likely N-dealkylation sites (tertiary alicyclic amines) is 1. The molecule has 1 heterocycles. The fraction of sp³-hybridized carbons (Fsp3) is 0.538. The lowest BCUT2D eigenvalue weighted by atomic mass is 10.0. The molecule has 2 bridgehead atoms. The van der Waals surface area contributed by atoms with Gasteiger partial charge in [-0.3, -0.25) is 4.90 Å². The maximum atomic E-state index is 6.30. The van der Waals surface area contributed by atoms with Gasteiger partial charge in [-0.1, -0.05) is 30.3 Å². The van der Waals surface area contributed by atoms with Crippen LogP contribution < -0.4 is 5.73 Å². The van der Waals surface area contributed by atoms with Crippen molar-refractivity contribution in [2.45, 2.75) is 37.4 Å². The maximum Gasteiger partial charge on any atom is 0.0299 e. The second kappa shape index (κ2) is 3.32. The van der Waals surface area contributed by atoms with Gasteiger partial charge in [0.15, 0.2) is 0 Å². The molecule has 0 amide bonds. The third-order valence-corrected chi connectivity index (χ3v) is 3.88. The summed E-state index contributed by atoms with van der Waals surface area (Å²) < 4.78 is 0. The second-order valence-electron chi connectivity index (χ2n) is 5.15. The molecular weight excluding hydrogens is 184 g/mol. The lowest BCUT2D eigenvalue weighted by Crippen LogP contribution is -2.44. The lowest BCUT2D eigenvalue weighted by molar-refractivity contribution is 0.195. The van der Waals surface area contributed by atoms with Crippen molar-refractivity contribution in [3.63, 3.8) is 0 Å². The highest BCUT2D eigenvalue weighted by molar-refractivity contribution is 5.16. The zero-order valence-corrected chi connectivity index (χ0v) is 9.02. The van der Waals surface area contributed by atoms with E-state index in [1.54, 1.807) is 0 Å². The van der Waals surface area contributed by atoms with Crippen molar-refractivity contribution in [2.24, 2.45) is 5.73 Å². The molecule has 1 aliphatic heterocycles. The molecule has 2 atom stereocenters. The fourth-order valence-electron chi connectivity index (χ4n) is 3.12. The van der Waals surface area contributed by atoms with Crippen molar-refractivity contribution < 1.29 is 0 Å². The van der Waals surface area contributed by atoms with Crippen molar-refractivity contribution in [3.05, 3.63) is 35.9 Å². The molecule has 1 aromatic rings. The summed E-state index contributed by atoms with van der Waals surface area (Å²) in [5, 5.41) is 0. The van der Waals surface area contributed by atoms with E-state index in [1.807, 2.05) is 0 Å². The van der Waals surface area contributed by atoms with Crippen LogP contribution in [0.2, 0.25) is 0 Å². The average Bonchev–Trinajstić information content (AvgIpc) is 2.74. The van der Waals surface area contributed by atoms with Crippen LogP contribution >= 0.6 is 0 Å². The average molecular weight is 202 g/mol. The summed E-state index contributed by atoms with van der Waals surface area (Å²) in [6, 6.07) is 11.5. The fourth-order valence-corrected chi connectivity index (χ4v) is 3.12. The Kier molecular flexibility index (Phi) is 2.08. The van der Waals surface area contributed by atoms with E-state index in [2.05, 4.69) is 35.2 Å². The van der Waals surface area contributed by atoms with Crippen molar-refractivity contribution in [1.29, 1.82) is 0 Å². The molecule has 2 unspecified atom stereocenters. The van der Waals surface area contributed by atoms with Crippen LogP contribution in [0, 0.1) is 0 Å². The summed E-state index contributed by atoms with van der Waals surface area (Å²) in [6.45, 7) is 2.16. The number of rotatable bonds is 2. The highest BCUT2D eigenvalue weighted by Gasteiger charge is 2.46. The van der Waals surface area contributed by atoms with Crippen molar-refractivity contribution in [2.75, 3.05) is 6.54 Å². The van der Waals surface area contributed by atoms with E-state index >= 15 is 0 Å². The van der Waals surface area contributed by atoms with Gasteiger partial charge < -0.3 is 5.73 Å². The minimum Gasteiger partial charge on any atom is -0.324 e. The number of hydrogen-bond acceptors (Lipinski definition) is 2. The summed E-state index contributed by atoms with van der Waals surface area (Å²) in [5.74, 6) is 0. The van der Waals surface area contributed by atoms with Crippen molar-refractivity contribution >= 4 is 0 Å². The molecule has 80 valence electrons. The number of nitrogens with zero attached hydrogens (tertiary/aromatic N) is 1. The van der Waals surface area contributed by atoms with Crippen LogP contribution in [-0.2, 0) is 6.54 Å². The molecule has 1 saturated carbocycles. The normalized spacial score (nSPS) is 34.9. The third kappa shape index (κ3) is 1.68. The van der Waals surface area contributed by atoms with Crippen LogP contribution in [0.1, 0.15) is 24.8 Å². The Morgan fingerprint density at radius 3 is 2.73 bits per heavy atom. The number of benzene rings is 1. The maximum absolute atomic E-state index is 6.30. The van der Waals surface area contributed by atoms with Gasteiger partial charge in [0.1, 0.15) is 0 Å². The van der Waals surface area contributed by atoms with Gasteiger partial charge in [0.05, 0.1) is 0 Å². The quantitative estimate of drug-likeness (QED) is 0.791. The molecule has 1 aliphatic carbocycles. The molecule has 0 aromatic heterocycles. The molecule has 1 saturated heterocycles. The molecular formula is C13H18N2. The molecule has 3 rings (SSSR count). The summed E-state index contributed by atoms with van der Waals surface area (Å²) in [7, 11) is 0. The van der Waals surface area contributed by atoms with Crippen LogP contribution in [0.3, 0.4) is 0 Å². The van der Waals surface area contributed by atoms with Gasteiger partial charge in [0, 0.05) is 24.7 Å². The highest BCUT2D eigenvalue weighted by atomic mass is 15.2. The Bertz CT molecular complexity index is 349. The standard InChI is InChI=1S/C13H18N2/c14-13-7-6-12(8-13)15(10-13)9-11-4-2-1-3-5-11/h1-5,12H,6-10,14H2. The first-order valence-electron chi connectivity index (χ1n) is 5.82. The van der Waals surface area contributed by atoms with E-state index < -0.39 is 0 Å². The molecule has 2 fully saturated rings. The van der Waals surface area contributed by atoms with Gasteiger partial charge >= 0.3 is 0 Å². The summed E-state index contributed by atoms with van der Waals surface area (Å²) in [5.41, 5.74) is 7.85. The molecule has 15 heavy (non-hydrogen) atoms. The first-order chi connectivity index (χ1) is 7.25. The Hall–Kier alpha value is -0.860. The van der Waals surface area contributed by atoms with E-state index in [1.165, 1.54) is 24.8 Å². The molecule has 2 heteroatoms. The van der Waals surface area contributed by atoms with Crippen LogP contribution in [0.5, 0.6) is 0 Å². The molecule has 2 nitrogen and oxygen atoms in total. The highest BCUT2D eigenvalue weighted by Crippen LogP contribution is 2.39. The van der Waals surface area contributed by atoms with E-state index in [9.17, 15) is 0 Å². The second-order valence-corrected chi connectivity index (χ2v) is 5.15. The number of nitrogens with two attached hydrogens (primary N) is 1. The smallest absolute Gasteiger partial charge is 0.0299 e. The number of hydrogen-bond donors (Lipinski definition) is 1. The van der Waals surface area contributed by atoms with Crippen molar-refractivity contribution in [3.8, 4) is 0 Å². The summed E-state index contributed by atoms with van der Waals surface area (Å²) in [4.78, 5) is 2.55. The molecule has 0 spiro atoms. The predicted molar refractivity (Wildman–Crippen MR) is 61.4 cm³/mol. The number of piperidine rings is 1. The molecule has 1 aromatic carbocycles. The van der Waals surface area contributed by atoms with E-state index in [4.69, 9.17) is 5.73 Å². The van der Waals surface area contributed by atoms with Crippen LogP contribution in [-0.4, -0.2) is 23.0 Å². The molecule has 2 aliphatic rings. The SMILES string of the molecule is NC12CCC(C1)N(Cc1ccccc1)C2. The van der Waals surface area contributed by atoms with Crippen LogP contribution in [0.25, 0.3) is 0 Å². The van der Waals surface area contributed by atoms with Crippen molar-refractivity contribution in [1.82, 2.24) is 4.90 Å². The Morgan fingerprint density at radius 1 is 1.33 bits per heavy atom. The molecule has 0 radical (unpaired) electrons. The third-order valence-electron chi connectivity index (χ3n) is 3.88. The zero-order valence-electron chi connectivity index (χ0n) is 9.02. The Balaban J connectivity index is 1.71. The largest absolute Gasteiger partial charge is 0.324 e. The van der Waals surface area contributed by atoms with Gasteiger partial charge in [0.2, 0.25) is 0 Å². The van der Waals surface area contributed by atoms with E-state index in [-0.39, 0.29) is 5.54 Å². The Morgan fingerprint density at radius 2 is 2.13 bits per heavy atom. The summed E-state index contributed by atoms with van der Waals surface area (Å²) in [6.07, 6.45) is 3.73. The minimum atomic E-state index is 0.138. The van der Waals surface area contributed by atoms with Gasteiger partial charge in [0.25, 0.3) is 0 Å². The molecule has 2 N–H and O–H groups in total. The van der Waals surface area contributed by atoms with Gasteiger partial charge in [-0.2, -0.15) is 0 Å². The van der Waals surface area contributed by atoms with E-state index in [0.29, 0.717) is 0 Å². The van der Waals surface area contributed by atoms with Gasteiger partial charge in [-0.05, 0) is 24.8 Å². The lowest BCUT2D eigenvalue weighted by Gasteiger charge is -2.30. The zero-order chi connectivity index (χ0) is 10.3. The van der Waals surface area contributed by atoms with Crippen LogP contribution in [0.15, 0.2) is 30.3 Å². The van der Waals surface area contributed by atoms with Gasteiger partial charge in [-0.25, -0.2) is 0 Å². The first-order valence-corrected chi connectivity index (χ1v) is 5.82. The summed E-state index contributed by atoms with van der Waals surface area (Å²) >= 11 is 0. The van der Waals surface area contributed by atoms with E-state index in [0.717, 1.165) is 19.1 Å². The van der Waals surface area contributed by atoms with Gasteiger partial charge in [-0.15, -0.1) is 0 Å². The topological polar surface area (TPSA) is 29.3 Å². The first kappa shape index (κ1) is 9.37. The number of fused-ring (bicyclic) bond motifs is 2. The Labute approximate surface area is 91.1 Å². The van der Waals surface area contributed by atoms with Crippen LogP contribution in [0.4, 0.5) is 0 Å². The monoisotopic (exact) mass is 202 g/mol. The predicted octanol–water partition coefficient (Wildman–Crippen LogP) is 1.75.